The van der Waals surface area contributed by atoms with E-state index in [1.54, 1.807) is 18.4 Å². The van der Waals surface area contributed by atoms with Gasteiger partial charge >= 0.3 is 6.55 Å². The van der Waals surface area contributed by atoms with Crippen LogP contribution in [0.15, 0.2) is 22.8 Å². The Morgan fingerprint density at radius 1 is 1.52 bits per heavy atom. The monoisotopic (exact) mass is 456 g/mol. The van der Waals surface area contributed by atoms with Crippen LogP contribution in [0.5, 0.6) is 0 Å². The fourth-order valence-corrected chi connectivity index (χ4v) is 2.60. The second kappa shape index (κ2) is 9.11. The van der Waals surface area contributed by atoms with E-state index in [9.17, 15) is 8.78 Å². The van der Waals surface area contributed by atoms with E-state index in [0.29, 0.717) is 12.5 Å². The Kier molecular flexibility index (Phi) is 7.82. The maximum Gasteiger partial charge on any atom is 0.319 e. The second-order valence-corrected chi connectivity index (χ2v) is 5.71. The molecule has 1 N–H and O–H groups in total. The summed E-state index contributed by atoms with van der Waals surface area (Å²) in [5, 5.41) is 6.02. The fourth-order valence-electron chi connectivity index (χ4n) is 2.00. The van der Waals surface area contributed by atoms with Gasteiger partial charge in [0.2, 0.25) is 0 Å². The zero-order valence-electron chi connectivity index (χ0n) is 13.0. The Morgan fingerprint density at radius 2 is 2.26 bits per heavy atom. The number of thiazole rings is 1. The van der Waals surface area contributed by atoms with Gasteiger partial charge in [-0.3, -0.25) is 9.56 Å². The summed E-state index contributed by atoms with van der Waals surface area (Å²) in [5.41, 5.74) is 0.946. The average molecular weight is 456 g/mol. The van der Waals surface area contributed by atoms with E-state index < -0.39 is 6.55 Å². The van der Waals surface area contributed by atoms with Gasteiger partial charge in [-0.2, -0.15) is 8.78 Å². The molecular formula is C13H19F2IN6S. The number of hydrogen-bond acceptors (Lipinski definition) is 4. The van der Waals surface area contributed by atoms with Crippen molar-refractivity contribution in [2.45, 2.75) is 26.6 Å². The molecule has 128 valence electrons. The average Bonchev–Trinajstić information content (AvgIpc) is 3.08. The number of alkyl halides is 2. The van der Waals surface area contributed by atoms with Crippen LogP contribution in [-0.2, 0) is 13.1 Å². The van der Waals surface area contributed by atoms with Gasteiger partial charge in [-0.05, 0) is 6.92 Å². The van der Waals surface area contributed by atoms with Crippen molar-refractivity contribution in [2.24, 2.45) is 4.99 Å². The minimum absolute atomic E-state index is 0. The Labute approximate surface area is 154 Å². The number of aromatic nitrogens is 3. The highest BCUT2D eigenvalue weighted by molar-refractivity contribution is 14.0. The quantitative estimate of drug-likeness (QED) is 0.427. The molecule has 0 fully saturated rings. The predicted molar refractivity (Wildman–Crippen MR) is 97.4 cm³/mol. The van der Waals surface area contributed by atoms with E-state index in [0.717, 1.165) is 15.3 Å². The van der Waals surface area contributed by atoms with Crippen molar-refractivity contribution in [1.82, 2.24) is 24.8 Å². The topological polar surface area (TPSA) is 58.3 Å². The molecule has 0 aromatic carbocycles. The number of aliphatic imine (C=N–C) groups is 1. The van der Waals surface area contributed by atoms with Crippen LogP contribution in [0.4, 0.5) is 8.78 Å². The number of aryl methyl sites for hydroxylation is 1. The largest absolute Gasteiger partial charge is 0.349 e. The lowest BCUT2D eigenvalue weighted by Gasteiger charge is -2.21. The third-order valence-electron chi connectivity index (χ3n) is 3.00. The van der Waals surface area contributed by atoms with E-state index in [-0.39, 0.29) is 36.3 Å². The van der Waals surface area contributed by atoms with Gasteiger partial charge in [0.25, 0.3) is 0 Å². The first kappa shape index (κ1) is 19.7. The SMILES string of the molecule is CN=C(NCc1nccn1C(F)F)N(C)Cc1csc(C)n1.I. The molecule has 0 saturated carbocycles. The summed E-state index contributed by atoms with van der Waals surface area (Å²) in [6, 6.07) is 0. The van der Waals surface area contributed by atoms with Crippen molar-refractivity contribution in [3.63, 3.8) is 0 Å². The summed E-state index contributed by atoms with van der Waals surface area (Å²) < 4.78 is 26.3. The molecule has 0 unspecified atom stereocenters. The molecule has 0 aliphatic rings. The second-order valence-electron chi connectivity index (χ2n) is 4.64. The molecular weight excluding hydrogens is 437 g/mol. The lowest BCUT2D eigenvalue weighted by molar-refractivity contribution is 0.0668. The molecule has 10 heteroatoms. The molecule has 0 amide bonds. The number of halogens is 3. The standard InChI is InChI=1S/C13H18F2N6S.HI/c1-9-19-10(8-22-9)7-20(3)13(16-2)18-6-11-17-4-5-21(11)12(14)15;/h4-5,8,12H,6-7H2,1-3H3,(H,16,18);1H. The molecule has 0 atom stereocenters. The lowest BCUT2D eigenvalue weighted by atomic mass is 10.4. The van der Waals surface area contributed by atoms with Crippen LogP contribution < -0.4 is 5.32 Å². The maximum absolute atomic E-state index is 12.8. The molecule has 0 saturated heterocycles. The summed E-state index contributed by atoms with van der Waals surface area (Å²) in [5.74, 6) is 0.850. The molecule has 0 radical (unpaired) electrons. The van der Waals surface area contributed by atoms with Crippen molar-refractivity contribution < 1.29 is 8.78 Å². The number of rotatable bonds is 5. The summed E-state index contributed by atoms with van der Waals surface area (Å²) in [7, 11) is 3.51. The first-order valence-corrected chi connectivity index (χ1v) is 7.52. The van der Waals surface area contributed by atoms with Gasteiger partial charge in [0.15, 0.2) is 5.96 Å². The third kappa shape index (κ3) is 5.37. The molecule has 2 rings (SSSR count). The Morgan fingerprint density at radius 3 is 2.83 bits per heavy atom. The highest BCUT2D eigenvalue weighted by atomic mass is 127. The van der Waals surface area contributed by atoms with Crippen LogP contribution in [0, 0.1) is 6.92 Å². The molecule has 2 heterocycles. The van der Waals surface area contributed by atoms with Crippen LogP contribution in [0.1, 0.15) is 23.1 Å². The minimum atomic E-state index is -2.60. The molecule has 0 aliphatic heterocycles. The zero-order valence-corrected chi connectivity index (χ0v) is 16.2. The van der Waals surface area contributed by atoms with Gasteiger partial charge in [0.1, 0.15) is 5.82 Å². The highest BCUT2D eigenvalue weighted by Gasteiger charge is 2.13. The van der Waals surface area contributed by atoms with Crippen molar-refractivity contribution in [3.8, 4) is 0 Å². The first-order valence-electron chi connectivity index (χ1n) is 6.64. The summed E-state index contributed by atoms with van der Waals surface area (Å²) in [6.07, 6.45) is 2.61. The third-order valence-corrected chi connectivity index (χ3v) is 3.83. The molecule has 2 aromatic rings. The van der Waals surface area contributed by atoms with Crippen LogP contribution in [0.2, 0.25) is 0 Å². The van der Waals surface area contributed by atoms with Gasteiger partial charge in [0, 0.05) is 31.9 Å². The highest BCUT2D eigenvalue weighted by Crippen LogP contribution is 2.12. The van der Waals surface area contributed by atoms with Crippen molar-refractivity contribution >= 4 is 41.3 Å². The predicted octanol–water partition coefficient (Wildman–Crippen LogP) is 2.87. The number of nitrogens with one attached hydrogen (secondary N) is 1. The smallest absolute Gasteiger partial charge is 0.319 e. The molecule has 0 spiro atoms. The number of nitrogens with zero attached hydrogens (tertiary/aromatic N) is 5. The van der Waals surface area contributed by atoms with E-state index in [1.807, 2.05) is 24.3 Å². The number of guanidine groups is 1. The molecule has 2 aromatic heterocycles. The first-order chi connectivity index (χ1) is 10.5. The fraction of sp³-hybridized carbons (Fsp3) is 0.462. The van der Waals surface area contributed by atoms with Gasteiger partial charge in [-0.1, -0.05) is 0 Å². The van der Waals surface area contributed by atoms with Crippen LogP contribution in [-0.4, -0.2) is 39.5 Å². The Balaban J connectivity index is 0.00000264. The van der Waals surface area contributed by atoms with E-state index in [1.165, 1.54) is 12.4 Å². The normalized spacial score (nSPS) is 11.5. The maximum atomic E-state index is 12.8. The Hall–Kier alpha value is -1.30. The molecule has 0 bridgehead atoms. The summed E-state index contributed by atoms with van der Waals surface area (Å²) >= 11 is 1.59. The van der Waals surface area contributed by atoms with Crippen molar-refractivity contribution in [2.75, 3.05) is 14.1 Å². The number of imidazole rings is 1. The Bertz CT molecular complexity index is 642. The van der Waals surface area contributed by atoms with Crippen LogP contribution >= 0.6 is 35.3 Å². The van der Waals surface area contributed by atoms with E-state index >= 15 is 0 Å². The number of hydrogen-bond donors (Lipinski definition) is 1. The van der Waals surface area contributed by atoms with Crippen LogP contribution in [0.3, 0.4) is 0 Å². The summed E-state index contributed by atoms with van der Waals surface area (Å²) in [6.45, 7) is 0.111. The lowest BCUT2D eigenvalue weighted by Crippen LogP contribution is -2.38. The van der Waals surface area contributed by atoms with Crippen molar-refractivity contribution in [1.29, 1.82) is 0 Å². The molecule has 0 aliphatic carbocycles. The molecule has 6 nitrogen and oxygen atoms in total. The minimum Gasteiger partial charge on any atom is -0.349 e. The van der Waals surface area contributed by atoms with Crippen molar-refractivity contribution in [3.05, 3.63) is 34.3 Å². The van der Waals surface area contributed by atoms with Gasteiger partial charge in [0.05, 0.1) is 23.8 Å². The zero-order chi connectivity index (χ0) is 16.1. The van der Waals surface area contributed by atoms with E-state index in [4.69, 9.17) is 0 Å². The van der Waals surface area contributed by atoms with Gasteiger partial charge in [-0.15, -0.1) is 35.3 Å². The van der Waals surface area contributed by atoms with Crippen LogP contribution in [0.25, 0.3) is 0 Å². The van der Waals surface area contributed by atoms with Gasteiger partial charge in [-0.25, -0.2) is 9.97 Å². The molecule has 23 heavy (non-hydrogen) atoms. The summed E-state index contributed by atoms with van der Waals surface area (Å²) in [4.78, 5) is 14.3. The van der Waals surface area contributed by atoms with Gasteiger partial charge < -0.3 is 10.2 Å². The van der Waals surface area contributed by atoms with E-state index in [2.05, 4.69) is 20.3 Å².